The molecule has 1 aromatic heterocycles. The Bertz CT molecular complexity index is 599. The second-order valence-electron chi connectivity index (χ2n) is 4.04. The molecule has 0 saturated heterocycles. The lowest BCUT2D eigenvalue weighted by Gasteiger charge is -2.09. The molecular formula is C13H12ClN3O2. The van der Waals surface area contributed by atoms with Crippen LogP contribution in [-0.2, 0) is 6.54 Å². The van der Waals surface area contributed by atoms with Crippen molar-refractivity contribution < 1.29 is 4.92 Å². The lowest BCUT2D eigenvalue weighted by atomic mass is 10.2. The lowest BCUT2D eigenvalue weighted by molar-refractivity contribution is -0.384. The summed E-state index contributed by atoms with van der Waals surface area (Å²) in [6, 6.07) is 10.0. The molecule has 0 bridgehead atoms. The number of hydrogen-bond acceptors (Lipinski definition) is 4. The van der Waals surface area contributed by atoms with Gasteiger partial charge >= 0.3 is 0 Å². The molecule has 0 unspecified atom stereocenters. The third kappa shape index (κ3) is 3.42. The fourth-order valence-electron chi connectivity index (χ4n) is 1.65. The van der Waals surface area contributed by atoms with Crippen molar-refractivity contribution >= 4 is 23.0 Å². The first-order valence-electron chi connectivity index (χ1n) is 5.66. The number of nitrogens with zero attached hydrogens (tertiary/aromatic N) is 2. The molecule has 98 valence electrons. The zero-order valence-corrected chi connectivity index (χ0v) is 11.0. The Labute approximate surface area is 115 Å². The van der Waals surface area contributed by atoms with Crippen LogP contribution in [-0.4, -0.2) is 9.91 Å². The summed E-state index contributed by atoms with van der Waals surface area (Å²) in [5.74, 6) is 0. The van der Waals surface area contributed by atoms with Gasteiger partial charge in [-0.2, -0.15) is 0 Å². The van der Waals surface area contributed by atoms with Crippen molar-refractivity contribution in [3.8, 4) is 0 Å². The molecule has 1 heterocycles. The van der Waals surface area contributed by atoms with E-state index in [1.54, 1.807) is 18.2 Å². The fourth-order valence-corrected chi connectivity index (χ4v) is 1.84. The molecule has 5 nitrogen and oxygen atoms in total. The van der Waals surface area contributed by atoms with Gasteiger partial charge in [-0.3, -0.25) is 10.1 Å². The molecule has 0 fully saturated rings. The predicted octanol–water partition coefficient (Wildman–Crippen LogP) is 3.56. The van der Waals surface area contributed by atoms with E-state index in [1.165, 1.54) is 12.1 Å². The van der Waals surface area contributed by atoms with Crippen molar-refractivity contribution in [3.63, 3.8) is 0 Å². The van der Waals surface area contributed by atoms with E-state index in [1.807, 2.05) is 13.0 Å². The van der Waals surface area contributed by atoms with Crippen LogP contribution in [0.25, 0.3) is 0 Å². The molecule has 1 N–H and O–H groups in total. The minimum absolute atomic E-state index is 0.0908. The largest absolute Gasteiger partial charge is 0.380 e. The van der Waals surface area contributed by atoms with Crippen LogP contribution in [0.2, 0.25) is 5.15 Å². The van der Waals surface area contributed by atoms with E-state index in [9.17, 15) is 10.1 Å². The first-order valence-corrected chi connectivity index (χ1v) is 6.04. The second-order valence-corrected chi connectivity index (χ2v) is 4.43. The normalized spacial score (nSPS) is 10.2. The predicted molar refractivity (Wildman–Crippen MR) is 74.4 cm³/mol. The van der Waals surface area contributed by atoms with E-state index in [-0.39, 0.29) is 5.69 Å². The summed E-state index contributed by atoms with van der Waals surface area (Å²) in [5.41, 5.74) is 2.75. The Morgan fingerprint density at radius 3 is 2.53 bits per heavy atom. The number of non-ortho nitro benzene ring substituents is 1. The van der Waals surface area contributed by atoms with E-state index in [0.717, 1.165) is 16.9 Å². The second kappa shape index (κ2) is 5.67. The first kappa shape index (κ1) is 13.3. The van der Waals surface area contributed by atoms with Gasteiger partial charge < -0.3 is 5.32 Å². The molecular weight excluding hydrogens is 266 g/mol. The van der Waals surface area contributed by atoms with E-state index in [2.05, 4.69) is 10.3 Å². The highest BCUT2D eigenvalue weighted by Gasteiger charge is 2.04. The van der Waals surface area contributed by atoms with Gasteiger partial charge in [0.2, 0.25) is 0 Å². The van der Waals surface area contributed by atoms with Crippen molar-refractivity contribution in [2.45, 2.75) is 13.5 Å². The van der Waals surface area contributed by atoms with Gasteiger partial charge in [0.15, 0.2) is 0 Å². The monoisotopic (exact) mass is 277 g/mol. The molecule has 1 aromatic carbocycles. The number of aryl methyl sites for hydroxylation is 1. The summed E-state index contributed by atoms with van der Waals surface area (Å²) in [6.45, 7) is 2.44. The number of aromatic nitrogens is 1. The van der Waals surface area contributed by atoms with Crippen LogP contribution < -0.4 is 5.32 Å². The third-order valence-electron chi connectivity index (χ3n) is 2.68. The molecule has 0 aliphatic carbocycles. The van der Waals surface area contributed by atoms with Crippen LogP contribution in [0.1, 0.15) is 11.3 Å². The Kier molecular flexibility index (Phi) is 3.97. The van der Waals surface area contributed by atoms with E-state index >= 15 is 0 Å². The molecule has 0 spiro atoms. The minimum atomic E-state index is -0.412. The Morgan fingerprint density at radius 2 is 1.95 bits per heavy atom. The Balaban J connectivity index is 2.04. The van der Waals surface area contributed by atoms with E-state index in [0.29, 0.717) is 11.7 Å². The van der Waals surface area contributed by atoms with Gasteiger partial charge in [0.1, 0.15) is 5.15 Å². The van der Waals surface area contributed by atoms with Gasteiger partial charge in [0.25, 0.3) is 5.69 Å². The summed E-state index contributed by atoms with van der Waals surface area (Å²) in [5, 5.41) is 14.2. The number of pyridine rings is 1. The SMILES string of the molecule is Cc1nc(Cl)ccc1NCc1ccc([N+](=O)[O-])cc1. The highest BCUT2D eigenvalue weighted by atomic mass is 35.5. The zero-order valence-electron chi connectivity index (χ0n) is 10.3. The number of anilines is 1. The molecule has 0 saturated carbocycles. The number of nitro benzene ring substituents is 1. The quantitative estimate of drug-likeness (QED) is 0.527. The summed E-state index contributed by atoms with van der Waals surface area (Å²) in [7, 11) is 0. The average Bonchev–Trinajstić information content (AvgIpc) is 2.38. The molecule has 2 aromatic rings. The van der Waals surface area contributed by atoms with Crippen molar-refractivity contribution in [1.82, 2.24) is 4.98 Å². The maximum absolute atomic E-state index is 10.5. The van der Waals surface area contributed by atoms with Crippen LogP contribution in [0.3, 0.4) is 0 Å². The maximum atomic E-state index is 10.5. The molecule has 2 rings (SSSR count). The standard InChI is InChI=1S/C13H12ClN3O2/c1-9-12(6-7-13(14)16-9)15-8-10-2-4-11(5-3-10)17(18)19/h2-7,15H,8H2,1H3. The van der Waals surface area contributed by atoms with Crippen molar-refractivity contribution in [2.24, 2.45) is 0 Å². The van der Waals surface area contributed by atoms with Crippen LogP contribution in [0.5, 0.6) is 0 Å². The van der Waals surface area contributed by atoms with Gasteiger partial charge in [-0.15, -0.1) is 0 Å². The van der Waals surface area contributed by atoms with Gasteiger partial charge in [-0.05, 0) is 24.6 Å². The Hall–Kier alpha value is -2.14. The summed E-state index contributed by atoms with van der Waals surface area (Å²) in [4.78, 5) is 14.3. The van der Waals surface area contributed by atoms with Crippen molar-refractivity contribution in [3.05, 3.63) is 62.9 Å². The van der Waals surface area contributed by atoms with Crippen LogP contribution >= 0.6 is 11.6 Å². The van der Waals surface area contributed by atoms with E-state index < -0.39 is 4.92 Å². The van der Waals surface area contributed by atoms with Crippen LogP contribution in [0, 0.1) is 17.0 Å². The third-order valence-corrected chi connectivity index (χ3v) is 2.89. The van der Waals surface area contributed by atoms with Crippen molar-refractivity contribution in [2.75, 3.05) is 5.32 Å². The smallest absolute Gasteiger partial charge is 0.269 e. The molecule has 0 amide bonds. The highest BCUT2D eigenvalue weighted by molar-refractivity contribution is 6.29. The van der Waals surface area contributed by atoms with Gasteiger partial charge in [0, 0.05) is 18.7 Å². The van der Waals surface area contributed by atoms with Crippen molar-refractivity contribution in [1.29, 1.82) is 0 Å². The number of hydrogen-bond donors (Lipinski definition) is 1. The highest BCUT2D eigenvalue weighted by Crippen LogP contribution is 2.17. The molecule has 0 radical (unpaired) electrons. The van der Waals surface area contributed by atoms with Crippen LogP contribution in [0.15, 0.2) is 36.4 Å². The van der Waals surface area contributed by atoms with Crippen LogP contribution in [0.4, 0.5) is 11.4 Å². The van der Waals surface area contributed by atoms with Gasteiger partial charge in [-0.1, -0.05) is 23.7 Å². The number of benzene rings is 1. The maximum Gasteiger partial charge on any atom is 0.269 e. The molecule has 0 aliphatic heterocycles. The molecule has 19 heavy (non-hydrogen) atoms. The lowest BCUT2D eigenvalue weighted by Crippen LogP contribution is -2.02. The number of halogens is 1. The first-order chi connectivity index (χ1) is 9.06. The zero-order chi connectivity index (χ0) is 13.8. The summed E-state index contributed by atoms with van der Waals surface area (Å²) in [6.07, 6.45) is 0. The number of nitrogens with one attached hydrogen (secondary N) is 1. The fraction of sp³-hybridized carbons (Fsp3) is 0.154. The summed E-state index contributed by atoms with van der Waals surface area (Å²) >= 11 is 5.78. The minimum Gasteiger partial charge on any atom is -0.380 e. The molecule has 0 atom stereocenters. The number of rotatable bonds is 4. The van der Waals surface area contributed by atoms with E-state index in [4.69, 9.17) is 11.6 Å². The topological polar surface area (TPSA) is 68.1 Å². The average molecular weight is 278 g/mol. The molecule has 0 aliphatic rings. The molecule has 6 heteroatoms. The number of nitro groups is 1. The van der Waals surface area contributed by atoms with Gasteiger partial charge in [-0.25, -0.2) is 4.98 Å². The summed E-state index contributed by atoms with van der Waals surface area (Å²) < 4.78 is 0. The van der Waals surface area contributed by atoms with Gasteiger partial charge in [0.05, 0.1) is 16.3 Å². The Morgan fingerprint density at radius 1 is 1.26 bits per heavy atom.